The lowest BCUT2D eigenvalue weighted by Gasteiger charge is -2.26. The van der Waals surface area contributed by atoms with E-state index in [-0.39, 0.29) is 6.61 Å². The quantitative estimate of drug-likeness (QED) is 0.704. The normalized spacial score (nSPS) is 13.8. The van der Waals surface area contributed by atoms with E-state index in [1.807, 2.05) is 31.3 Å². The van der Waals surface area contributed by atoms with Gasteiger partial charge >= 0.3 is 5.97 Å². The van der Waals surface area contributed by atoms with Gasteiger partial charge in [-0.05, 0) is 25.2 Å². The second-order valence-electron chi connectivity index (χ2n) is 6.76. The van der Waals surface area contributed by atoms with Gasteiger partial charge in [0.25, 0.3) is 5.91 Å². The number of pyridine rings is 2. The maximum Gasteiger partial charge on any atom is 0.339 e. The molecule has 0 unspecified atom stereocenters. The highest BCUT2D eigenvalue weighted by molar-refractivity contribution is 6.06. The molecule has 142 valence electrons. The first-order chi connectivity index (χ1) is 13.6. The van der Waals surface area contributed by atoms with Crippen LogP contribution in [0, 0.1) is 0 Å². The Bertz CT molecular complexity index is 1040. The van der Waals surface area contributed by atoms with Crippen molar-refractivity contribution in [3.8, 4) is 0 Å². The second-order valence-corrected chi connectivity index (χ2v) is 6.76. The number of esters is 1. The van der Waals surface area contributed by atoms with E-state index >= 15 is 0 Å². The Hall–Kier alpha value is -3.32. The van der Waals surface area contributed by atoms with Crippen molar-refractivity contribution in [2.24, 2.45) is 0 Å². The highest BCUT2D eigenvalue weighted by atomic mass is 16.5. The van der Waals surface area contributed by atoms with E-state index in [0.717, 1.165) is 35.1 Å². The second kappa shape index (κ2) is 7.74. The van der Waals surface area contributed by atoms with E-state index < -0.39 is 11.9 Å². The first-order valence-corrected chi connectivity index (χ1v) is 9.09. The van der Waals surface area contributed by atoms with Gasteiger partial charge in [0.15, 0.2) is 6.61 Å². The summed E-state index contributed by atoms with van der Waals surface area (Å²) in [5, 5.41) is 3.35. The number of amides is 1. The van der Waals surface area contributed by atoms with Crippen LogP contribution in [-0.4, -0.2) is 46.9 Å². The van der Waals surface area contributed by atoms with Crippen LogP contribution in [-0.2, 0) is 22.5 Å². The first-order valence-electron chi connectivity index (χ1n) is 9.09. The maximum absolute atomic E-state index is 12.9. The Morgan fingerprint density at radius 1 is 1.18 bits per heavy atom. The van der Waals surface area contributed by atoms with Crippen LogP contribution in [0.1, 0.15) is 21.6 Å². The number of nitrogens with zero attached hydrogens (tertiary/aromatic N) is 3. The van der Waals surface area contributed by atoms with E-state index in [1.54, 1.807) is 24.4 Å². The van der Waals surface area contributed by atoms with Gasteiger partial charge < -0.3 is 15.0 Å². The van der Waals surface area contributed by atoms with E-state index in [1.165, 1.54) is 0 Å². The predicted octanol–water partition coefficient (Wildman–Crippen LogP) is 2.41. The van der Waals surface area contributed by atoms with Crippen molar-refractivity contribution in [1.29, 1.82) is 0 Å². The Balaban J connectivity index is 1.58. The monoisotopic (exact) mass is 376 g/mol. The summed E-state index contributed by atoms with van der Waals surface area (Å²) in [4.78, 5) is 35.9. The summed E-state index contributed by atoms with van der Waals surface area (Å²) in [6, 6.07) is 12.7. The molecular weight excluding hydrogens is 356 g/mol. The summed E-state index contributed by atoms with van der Waals surface area (Å²) in [6.45, 7) is 1.13. The standard InChI is InChI=1S/C21H20N4O3/c1-25-11-9-17-15(12-25)20(14-6-2-3-7-16(14)23-17)21(27)28-13-19(26)24-18-8-4-5-10-22-18/h2-8,10H,9,11-13H2,1H3,(H,22,24,26). The van der Waals surface area contributed by atoms with Crippen molar-refractivity contribution in [2.75, 3.05) is 25.5 Å². The summed E-state index contributed by atoms with van der Waals surface area (Å²) in [7, 11) is 2.01. The number of hydrogen-bond acceptors (Lipinski definition) is 6. The third-order valence-corrected chi connectivity index (χ3v) is 4.71. The van der Waals surface area contributed by atoms with Gasteiger partial charge in [-0.1, -0.05) is 24.3 Å². The lowest BCUT2D eigenvalue weighted by atomic mass is 9.96. The Kier molecular flexibility index (Phi) is 4.99. The number of carbonyl (C=O) groups excluding carboxylic acids is 2. The van der Waals surface area contributed by atoms with E-state index in [9.17, 15) is 9.59 Å². The van der Waals surface area contributed by atoms with Gasteiger partial charge in [0.05, 0.1) is 11.1 Å². The molecule has 0 fully saturated rings. The maximum atomic E-state index is 12.9. The van der Waals surface area contributed by atoms with Crippen molar-refractivity contribution >= 4 is 28.6 Å². The molecule has 3 aromatic rings. The summed E-state index contributed by atoms with van der Waals surface area (Å²) in [6.07, 6.45) is 2.35. The highest BCUT2D eigenvalue weighted by Gasteiger charge is 2.25. The lowest BCUT2D eigenvalue weighted by Crippen LogP contribution is -2.30. The largest absolute Gasteiger partial charge is 0.452 e. The van der Waals surface area contributed by atoms with Crippen LogP contribution < -0.4 is 5.32 Å². The molecule has 0 spiro atoms. The molecule has 1 aliphatic rings. The lowest BCUT2D eigenvalue weighted by molar-refractivity contribution is -0.119. The number of likely N-dealkylation sites (N-methyl/N-ethyl adjacent to an activating group) is 1. The molecule has 1 amide bonds. The molecule has 4 rings (SSSR count). The van der Waals surface area contributed by atoms with Crippen LogP contribution in [0.25, 0.3) is 10.9 Å². The molecule has 7 heteroatoms. The van der Waals surface area contributed by atoms with Crippen LogP contribution in [0.15, 0.2) is 48.7 Å². The minimum absolute atomic E-state index is 0.378. The zero-order valence-electron chi connectivity index (χ0n) is 15.5. The van der Waals surface area contributed by atoms with E-state index in [0.29, 0.717) is 17.9 Å². The van der Waals surface area contributed by atoms with Gasteiger partial charge in [-0.25, -0.2) is 9.78 Å². The zero-order chi connectivity index (χ0) is 19.5. The topological polar surface area (TPSA) is 84.4 Å². The Morgan fingerprint density at radius 2 is 2.00 bits per heavy atom. The third kappa shape index (κ3) is 3.70. The molecule has 1 aromatic carbocycles. The molecule has 0 saturated heterocycles. The number of para-hydroxylation sites is 1. The predicted molar refractivity (Wildman–Crippen MR) is 105 cm³/mol. The number of benzene rings is 1. The number of nitrogens with one attached hydrogen (secondary N) is 1. The molecule has 1 aliphatic heterocycles. The van der Waals surface area contributed by atoms with E-state index in [4.69, 9.17) is 9.72 Å². The molecular formula is C21H20N4O3. The van der Waals surface area contributed by atoms with Crippen molar-refractivity contribution in [2.45, 2.75) is 13.0 Å². The minimum Gasteiger partial charge on any atom is -0.452 e. The minimum atomic E-state index is -0.513. The molecule has 0 radical (unpaired) electrons. The van der Waals surface area contributed by atoms with Crippen LogP contribution in [0.3, 0.4) is 0 Å². The number of anilines is 1. The SMILES string of the molecule is CN1CCc2nc3ccccc3c(C(=O)OCC(=O)Nc3ccccn3)c2C1. The van der Waals surface area contributed by atoms with Crippen LogP contribution in [0.4, 0.5) is 5.82 Å². The van der Waals surface area contributed by atoms with Crippen LogP contribution >= 0.6 is 0 Å². The number of fused-ring (bicyclic) bond motifs is 2. The molecule has 0 aliphatic carbocycles. The highest BCUT2D eigenvalue weighted by Crippen LogP contribution is 2.28. The fraction of sp³-hybridized carbons (Fsp3) is 0.238. The van der Waals surface area contributed by atoms with Gasteiger partial charge in [0.2, 0.25) is 0 Å². The van der Waals surface area contributed by atoms with Gasteiger partial charge in [-0.3, -0.25) is 9.78 Å². The van der Waals surface area contributed by atoms with Crippen molar-refractivity contribution in [3.63, 3.8) is 0 Å². The van der Waals surface area contributed by atoms with Crippen molar-refractivity contribution in [3.05, 3.63) is 65.5 Å². The molecule has 28 heavy (non-hydrogen) atoms. The van der Waals surface area contributed by atoms with Gasteiger partial charge in [0.1, 0.15) is 5.82 Å². The molecule has 0 bridgehead atoms. The molecule has 0 atom stereocenters. The third-order valence-electron chi connectivity index (χ3n) is 4.71. The van der Waals surface area contributed by atoms with Crippen molar-refractivity contribution < 1.29 is 14.3 Å². The van der Waals surface area contributed by atoms with Gasteiger partial charge in [-0.15, -0.1) is 0 Å². The summed E-state index contributed by atoms with van der Waals surface area (Å²) >= 11 is 0. The summed E-state index contributed by atoms with van der Waals surface area (Å²) in [5.74, 6) is -0.533. The average molecular weight is 376 g/mol. The first kappa shape index (κ1) is 18.1. The molecule has 7 nitrogen and oxygen atoms in total. The van der Waals surface area contributed by atoms with Crippen LogP contribution in [0.5, 0.6) is 0 Å². The fourth-order valence-electron chi connectivity index (χ4n) is 3.38. The Labute approximate surface area is 162 Å². The summed E-state index contributed by atoms with van der Waals surface area (Å²) in [5.41, 5.74) is 3.05. The molecule has 1 N–H and O–H groups in total. The van der Waals surface area contributed by atoms with Crippen molar-refractivity contribution in [1.82, 2.24) is 14.9 Å². The smallest absolute Gasteiger partial charge is 0.339 e. The molecule has 0 saturated carbocycles. The molecule has 2 aromatic heterocycles. The number of rotatable bonds is 4. The fourth-order valence-corrected chi connectivity index (χ4v) is 3.38. The molecule has 3 heterocycles. The Morgan fingerprint density at radius 3 is 2.82 bits per heavy atom. The number of hydrogen-bond donors (Lipinski definition) is 1. The van der Waals surface area contributed by atoms with Gasteiger partial charge in [0, 0.05) is 42.4 Å². The van der Waals surface area contributed by atoms with E-state index in [2.05, 4.69) is 15.2 Å². The number of carbonyl (C=O) groups is 2. The zero-order valence-corrected chi connectivity index (χ0v) is 15.5. The average Bonchev–Trinajstić information content (AvgIpc) is 2.71. The number of ether oxygens (including phenoxy) is 1. The van der Waals surface area contributed by atoms with Gasteiger partial charge in [-0.2, -0.15) is 0 Å². The number of aromatic nitrogens is 2. The van der Waals surface area contributed by atoms with Crippen LogP contribution in [0.2, 0.25) is 0 Å². The summed E-state index contributed by atoms with van der Waals surface area (Å²) < 4.78 is 5.35.